The molecule has 86 valence electrons. The van der Waals surface area contributed by atoms with Crippen molar-refractivity contribution in [3.05, 3.63) is 47.0 Å². The molecule has 0 heteroatoms. The first-order valence-electron chi connectivity index (χ1n) is 5.68. The van der Waals surface area contributed by atoms with Gasteiger partial charge in [-0.05, 0) is 28.5 Å². The second-order valence-corrected chi connectivity index (χ2v) is 4.58. The Kier molecular flexibility index (Phi) is 4.12. The average molecular weight is 214 g/mol. The van der Waals surface area contributed by atoms with Crippen molar-refractivity contribution in [2.75, 3.05) is 0 Å². The monoisotopic (exact) mass is 214 g/mol. The molecule has 0 nitrogen and oxygen atoms in total. The molecule has 1 aliphatic carbocycles. The summed E-state index contributed by atoms with van der Waals surface area (Å²) in [6.07, 6.45) is 9.04. The zero-order chi connectivity index (χ0) is 10.8. The van der Waals surface area contributed by atoms with E-state index in [1.165, 1.54) is 16.7 Å². The topological polar surface area (TPSA) is 0 Å². The fraction of sp³-hybridized carbons (Fsp3) is 0.375. The molecule has 0 amide bonds. The fourth-order valence-electron chi connectivity index (χ4n) is 2.01. The Bertz CT molecular complexity index is 408. The SMILES string of the molecule is C.CC1C=Cc2cccc(C(C)C)c2C=C1. The van der Waals surface area contributed by atoms with Crippen LogP contribution in [-0.2, 0) is 0 Å². The predicted molar refractivity (Wildman–Crippen MR) is 74.5 cm³/mol. The van der Waals surface area contributed by atoms with Crippen LogP contribution < -0.4 is 0 Å². The molecule has 0 aromatic heterocycles. The van der Waals surface area contributed by atoms with Gasteiger partial charge in [0.25, 0.3) is 0 Å². The minimum Gasteiger partial charge on any atom is -0.0776 e. The van der Waals surface area contributed by atoms with Gasteiger partial charge >= 0.3 is 0 Å². The summed E-state index contributed by atoms with van der Waals surface area (Å²) in [7, 11) is 0. The van der Waals surface area contributed by atoms with E-state index in [-0.39, 0.29) is 7.43 Å². The summed E-state index contributed by atoms with van der Waals surface area (Å²) in [5.41, 5.74) is 4.19. The Morgan fingerprint density at radius 2 is 1.75 bits per heavy atom. The summed E-state index contributed by atoms with van der Waals surface area (Å²) in [6, 6.07) is 6.58. The summed E-state index contributed by atoms with van der Waals surface area (Å²) >= 11 is 0. The van der Waals surface area contributed by atoms with Gasteiger partial charge in [0.15, 0.2) is 0 Å². The smallest absolute Gasteiger partial charge is 0.00752 e. The third-order valence-electron chi connectivity index (χ3n) is 2.94. The van der Waals surface area contributed by atoms with Gasteiger partial charge in [-0.25, -0.2) is 0 Å². The molecule has 0 saturated heterocycles. The zero-order valence-electron chi connectivity index (χ0n) is 9.70. The van der Waals surface area contributed by atoms with Gasteiger partial charge in [-0.1, -0.05) is 70.7 Å². The molecule has 16 heavy (non-hydrogen) atoms. The summed E-state index contributed by atoms with van der Waals surface area (Å²) < 4.78 is 0. The molecule has 0 N–H and O–H groups in total. The van der Waals surface area contributed by atoms with E-state index in [9.17, 15) is 0 Å². The van der Waals surface area contributed by atoms with E-state index in [1.807, 2.05) is 0 Å². The van der Waals surface area contributed by atoms with Crippen LogP contribution in [0.25, 0.3) is 12.2 Å². The van der Waals surface area contributed by atoms with Crippen LogP contribution in [0.2, 0.25) is 0 Å². The van der Waals surface area contributed by atoms with Crippen molar-refractivity contribution in [1.82, 2.24) is 0 Å². The van der Waals surface area contributed by atoms with E-state index in [0.29, 0.717) is 11.8 Å². The van der Waals surface area contributed by atoms with Crippen LogP contribution in [-0.4, -0.2) is 0 Å². The van der Waals surface area contributed by atoms with Crippen molar-refractivity contribution in [2.45, 2.75) is 34.1 Å². The van der Waals surface area contributed by atoms with Crippen LogP contribution in [0.3, 0.4) is 0 Å². The maximum absolute atomic E-state index is 2.27. The van der Waals surface area contributed by atoms with Gasteiger partial charge in [0.2, 0.25) is 0 Å². The number of rotatable bonds is 1. The Hall–Kier alpha value is -1.30. The molecule has 1 aromatic carbocycles. The maximum Gasteiger partial charge on any atom is -0.00752 e. The van der Waals surface area contributed by atoms with Gasteiger partial charge in [-0.3, -0.25) is 0 Å². The van der Waals surface area contributed by atoms with E-state index in [0.717, 1.165) is 0 Å². The van der Waals surface area contributed by atoms with Gasteiger partial charge in [0, 0.05) is 0 Å². The number of allylic oxidation sites excluding steroid dienone is 2. The Labute approximate surface area is 99.7 Å². The molecule has 0 spiro atoms. The van der Waals surface area contributed by atoms with Gasteiger partial charge in [-0.2, -0.15) is 0 Å². The summed E-state index contributed by atoms with van der Waals surface area (Å²) in [6.45, 7) is 6.72. The van der Waals surface area contributed by atoms with Crippen molar-refractivity contribution < 1.29 is 0 Å². The molecule has 1 unspecified atom stereocenters. The van der Waals surface area contributed by atoms with Crippen LogP contribution in [0.5, 0.6) is 0 Å². The molecule has 0 saturated carbocycles. The Morgan fingerprint density at radius 3 is 2.44 bits per heavy atom. The first-order chi connectivity index (χ1) is 7.18. The molecule has 0 heterocycles. The zero-order valence-corrected chi connectivity index (χ0v) is 9.70. The molecule has 0 radical (unpaired) electrons. The van der Waals surface area contributed by atoms with E-state index in [1.54, 1.807) is 0 Å². The largest absolute Gasteiger partial charge is 0.0776 e. The van der Waals surface area contributed by atoms with Gasteiger partial charge in [0.05, 0.1) is 0 Å². The third kappa shape index (κ3) is 2.44. The lowest BCUT2D eigenvalue weighted by molar-refractivity contribution is 0.863. The van der Waals surface area contributed by atoms with Crippen LogP contribution in [0.4, 0.5) is 0 Å². The molecule has 0 aliphatic heterocycles. The second-order valence-electron chi connectivity index (χ2n) is 4.58. The van der Waals surface area contributed by atoms with Crippen LogP contribution in [0.1, 0.15) is 50.8 Å². The highest BCUT2D eigenvalue weighted by atomic mass is 14.1. The molecular weight excluding hydrogens is 192 g/mol. The fourth-order valence-corrected chi connectivity index (χ4v) is 2.01. The summed E-state index contributed by atoms with van der Waals surface area (Å²) in [5.74, 6) is 1.13. The van der Waals surface area contributed by atoms with Crippen molar-refractivity contribution in [2.24, 2.45) is 5.92 Å². The Morgan fingerprint density at radius 1 is 1.06 bits per heavy atom. The van der Waals surface area contributed by atoms with Crippen LogP contribution in [0, 0.1) is 5.92 Å². The first-order valence-corrected chi connectivity index (χ1v) is 5.68. The number of benzene rings is 1. The minimum absolute atomic E-state index is 0. The lowest BCUT2D eigenvalue weighted by Gasteiger charge is -2.11. The van der Waals surface area contributed by atoms with E-state index < -0.39 is 0 Å². The van der Waals surface area contributed by atoms with Gasteiger partial charge in [-0.15, -0.1) is 0 Å². The summed E-state index contributed by atoms with van der Waals surface area (Å²) in [4.78, 5) is 0. The molecule has 1 aromatic rings. The predicted octanol–water partition coefficient (Wildman–Crippen LogP) is 5.12. The first kappa shape index (κ1) is 12.8. The van der Waals surface area contributed by atoms with Crippen molar-refractivity contribution >= 4 is 12.2 Å². The average Bonchev–Trinajstić information content (AvgIpc) is 2.40. The third-order valence-corrected chi connectivity index (χ3v) is 2.94. The number of hydrogen-bond donors (Lipinski definition) is 0. The normalized spacial score (nSPS) is 17.9. The highest BCUT2D eigenvalue weighted by molar-refractivity contribution is 5.70. The van der Waals surface area contributed by atoms with E-state index >= 15 is 0 Å². The number of hydrogen-bond acceptors (Lipinski definition) is 0. The molecule has 0 bridgehead atoms. The molecule has 2 rings (SSSR count). The lowest BCUT2D eigenvalue weighted by atomic mass is 9.93. The van der Waals surface area contributed by atoms with Crippen LogP contribution in [0.15, 0.2) is 30.4 Å². The van der Waals surface area contributed by atoms with Crippen molar-refractivity contribution in [3.8, 4) is 0 Å². The summed E-state index contributed by atoms with van der Waals surface area (Å²) in [5, 5.41) is 0. The standard InChI is InChI=1S/C15H18.CH4/c1-11(2)14-6-4-5-13-9-7-12(3)8-10-15(13)14;/h4-12H,1-3H3;1H4. The maximum atomic E-state index is 2.27. The van der Waals surface area contributed by atoms with Crippen LogP contribution >= 0.6 is 0 Å². The Balaban J connectivity index is 0.00000128. The van der Waals surface area contributed by atoms with Crippen molar-refractivity contribution in [1.29, 1.82) is 0 Å². The minimum atomic E-state index is 0. The van der Waals surface area contributed by atoms with E-state index in [2.05, 4.69) is 63.3 Å². The lowest BCUT2D eigenvalue weighted by Crippen LogP contribution is -1.93. The highest BCUT2D eigenvalue weighted by Gasteiger charge is 2.09. The van der Waals surface area contributed by atoms with E-state index in [4.69, 9.17) is 0 Å². The quantitative estimate of drug-likeness (QED) is 0.608. The number of fused-ring (bicyclic) bond motifs is 1. The second kappa shape index (κ2) is 5.16. The van der Waals surface area contributed by atoms with Crippen molar-refractivity contribution in [3.63, 3.8) is 0 Å². The van der Waals surface area contributed by atoms with Gasteiger partial charge < -0.3 is 0 Å². The molecular formula is C16H22. The molecule has 1 atom stereocenters. The molecule has 0 fully saturated rings. The molecule has 1 aliphatic rings. The highest BCUT2D eigenvalue weighted by Crippen LogP contribution is 2.27. The van der Waals surface area contributed by atoms with Gasteiger partial charge in [0.1, 0.15) is 0 Å².